The van der Waals surface area contributed by atoms with E-state index in [1.54, 1.807) is 62.8 Å². The summed E-state index contributed by atoms with van der Waals surface area (Å²) >= 11 is 0. The van der Waals surface area contributed by atoms with Crippen LogP contribution in [0.1, 0.15) is 43.8 Å². The van der Waals surface area contributed by atoms with Crippen molar-refractivity contribution in [1.29, 1.82) is 0 Å². The van der Waals surface area contributed by atoms with Crippen LogP contribution in [0.5, 0.6) is 11.5 Å². The van der Waals surface area contributed by atoms with E-state index in [2.05, 4.69) is 5.32 Å². The van der Waals surface area contributed by atoms with Gasteiger partial charge < -0.3 is 14.8 Å². The molecule has 31 heavy (non-hydrogen) atoms. The van der Waals surface area contributed by atoms with Gasteiger partial charge in [0, 0.05) is 23.1 Å². The second-order valence-corrected chi connectivity index (χ2v) is 7.17. The third-order valence-corrected chi connectivity index (χ3v) is 5.32. The second kappa shape index (κ2) is 8.44. The fraction of sp³-hybridized carbons (Fsp3) is 0.160. The van der Waals surface area contributed by atoms with Crippen molar-refractivity contribution in [1.82, 2.24) is 0 Å². The first-order valence-corrected chi connectivity index (χ1v) is 9.85. The van der Waals surface area contributed by atoms with Gasteiger partial charge in [0.1, 0.15) is 0 Å². The van der Waals surface area contributed by atoms with Crippen molar-refractivity contribution in [2.45, 2.75) is 12.8 Å². The lowest BCUT2D eigenvalue weighted by Gasteiger charge is -2.20. The zero-order chi connectivity index (χ0) is 22.0. The normalized spacial score (nSPS) is 12.1. The molecule has 0 radical (unpaired) electrons. The van der Waals surface area contributed by atoms with Crippen LogP contribution in [-0.2, 0) is 11.2 Å². The number of methoxy groups -OCH3 is 2. The van der Waals surface area contributed by atoms with Gasteiger partial charge in [-0.25, -0.2) is 0 Å². The number of hydrogen-bond donors (Lipinski definition) is 1. The topological polar surface area (TPSA) is 81.7 Å². The molecular weight excluding hydrogens is 394 g/mol. The minimum atomic E-state index is -0.263. The summed E-state index contributed by atoms with van der Waals surface area (Å²) in [5, 5.41) is 2.81. The summed E-state index contributed by atoms with van der Waals surface area (Å²) < 4.78 is 10.5. The number of hydrogen-bond acceptors (Lipinski definition) is 5. The third kappa shape index (κ3) is 3.80. The minimum Gasteiger partial charge on any atom is -0.493 e. The average molecular weight is 415 g/mol. The minimum absolute atomic E-state index is 0.206. The van der Waals surface area contributed by atoms with Crippen molar-refractivity contribution < 1.29 is 23.9 Å². The van der Waals surface area contributed by atoms with Gasteiger partial charge in [-0.3, -0.25) is 14.4 Å². The zero-order valence-corrected chi connectivity index (χ0v) is 17.2. The number of benzene rings is 3. The van der Waals surface area contributed by atoms with Crippen LogP contribution in [-0.4, -0.2) is 31.7 Å². The molecule has 0 unspecified atom stereocenters. The summed E-state index contributed by atoms with van der Waals surface area (Å²) in [6.45, 7) is 0. The maximum Gasteiger partial charge on any atom is 0.224 e. The second-order valence-electron chi connectivity index (χ2n) is 7.17. The van der Waals surface area contributed by atoms with Crippen LogP contribution >= 0.6 is 0 Å². The molecule has 1 aliphatic rings. The molecule has 0 atom stereocenters. The number of carbonyl (C=O) groups excluding carboxylic acids is 3. The summed E-state index contributed by atoms with van der Waals surface area (Å²) in [4.78, 5) is 38.5. The molecule has 0 aromatic heterocycles. The number of amides is 1. The van der Waals surface area contributed by atoms with Crippen molar-refractivity contribution in [2.24, 2.45) is 0 Å². The Morgan fingerprint density at radius 2 is 1.48 bits per heavy atom. The summed E-state index contributed by atoms with van der Waals surface area (Å²) in [5.74, 6) is 0.491. The molecule has 4 rings (SSSR count). The van der Waals surface area contributed by atoms with Crippen LogP contribution in [0.3, 0.4) is 0 Å². The highest BCUT2D eigenvalue weighted by Gasteiger charge is 2.31. The molecule has 3 aromatic rings. The van der Waals surface area contributed by atoms with Crippen LogP contribution in [0, 0.1) is 0 Å². The van der Waals surface area contributed by atoms with Crippen molar-refractivity contribution in [3.8, 4) is 11.5 Å². The van der Waals surface area contributed by atoms with Crippen LogP contribution in [0.15, 0.2) is 60.7 Å². The van der Waals surface area contributed by atoms with E-state index in [4.69, 9.17) is 9.47 Å². The predicted octanol–water partition coefficient (Wildman–Crippen LogP) is 4.05. The van der Waals surface area contributed by atoms with Gasteiger partial charge in [0.05, 0.1) is 25.5 Å². The van der Waals surface area contributed by atoms with Gasteiger partial charge in [-0.15, -0.1) is 0 Å². The quantitative estimate of drug-likeness (QED) is 0.514. The molecule has 0 bridgehead atoms. The number of rotatable bonds is 6. The lowest BCUT2D eigenvalue weighted by Crippen LogP contribution is -2.24. The monoisotopic (exact) mass is 415 g/mol. The van der Waals surface area contributed by atoms with Gasteiger partial charge in [-0.05, 0) is 30.2 Å². The third-order valence-electron chi connectivity index (χ3n) is 5.32. The van der Waals surface area contributed by atoms with Gasteiger partial charge in [-0.1, -0.05) is 42.5 Å². The summed E-state index contributed by atoms with van der Waals surface area (Å²) in [5.41, 5.74) is 2.56. The number of carbonyl (C=O) groups is 3. The van der Waals surface area contributed by atoms with E-state index in [0.717, 1.165) is 5.56 Å². The summed E-state index contributed by atoms with van der Waals surface area (Å²) in [7, 11) is 3.12. The fourth-order valence-corrected chi connectivity index (χ4v) is 3.76. The maximum atomic E-state index is 13.0. The molecule has 1 aliphatic carbocycles. The number of anilines is 1. The van der Waals surface area contributed by atoms with E-state index < -0.39 is 0 Å². The van der Waals surface area contributed by atoms with Crippen LogP contribution in [0.25, 0.3) is 0 Å². The fourth-order valence-electron chi connectivity index (χ4n) is 3.76. The molecule has 0 fully saturated rings. The van der Waals surface area contributed by atoms with Crippen molar-refractivity contribution in [2.75, 3.05) is 19.5 Å². The molecule has 6 heteroatoms. The number of aryl methyl sites for hydroxylation is 1. The molecular formula is C25H21NO5. The van der Waals surface area contributed by atoms with Crippen molar-refractivity contribution >= 4 is 23.2 Å². The number of fused-ring (bicyclic) bond motifs is 2. The standard InChI is InChI=1S/C25H21NO5/c1-30-20-12-10-15(14-21(20)31-2)11-13-22(27)26-19-9-5-8-18-23(19)25(29)17-7-4-3-6-16(17)24(18)28/h3-10,12,14H,11,13H2,1-2H3,(H,26,27). The Bertz CT molecular complexity index is 1200. The SMILES string of the molecule is COc1ccc(CCC(=O)Nc2cccc3c2C(=O)c2ccccc2C3=O)cc1OC. The first-order chi connectivity index (χ1) is 15.0. The Labute approximate surface area is 179 Å². The molecule has 156 valence electrons. The van der Waals surface area contributed by atoms with Crippen molar-refractivity contribution in [3.63, 3.8) is 0 Å². The average Bonchev–Trinajstić information content (AvgIpc) is 2.81. The molecule has 1 N–H and O–H groups in total. The largest absolute Gasteiger partial charge is 0.493 e. The highest BCUT2D eigenvalue weighted by molar-refractivity contribution is 6.30. The lowest BCUT2D eigenvalue weighted by molar-refractivity contribution is -0.116. The molecule has 6 nitrogen and oxygen atoms in total. The first-order valence-electron chi connectivity index (χ1n) is 9.85. The smallest absolute Gasteiger partial charge is 0.224 e. The van der Waals surface area contributed by atoms with E-state index in [0.29, 0.717) is 40.3 Å². The van der Waals surface area contributed by atoms with Crippen LogP contribution in [0.4, 0.5) is 5.69 Å². The Kier molecular flexibility index (Phi) is 5.54. The summed E-state index contributed by atoms with van der Waals surface area (Å²) in [6, 6.07) is 17.2. The highest BCUT2D eigenvalue weighted by Crippen LogP contribution is 2.32. The lowest BCUT2D eigenvalue weighted by atomic mass is 9.83. The zero-order valence-electron chi connectivity index (χ0n) is 17.2. The van der Waals surface area contributed by atoms with Crippen molar-refractivity contribution in [3.05, 3.63) is 88.5 Å². The predicted molar refractivity (Wildman–Crippen MR) is 116 cm³/mol. The molecule has 0 heterocycles. The van der Waals surface area contributed by atoms with E-state index in [1.807, 2.05) is 12.1 Å². The molecule has 0 saturated carbocycles. The molecule has 0 spiro atoms. The number of ketones is 2. The molecule has 0 aliphatic heterocycles. The maximum absolute atomic E-state index is 13.0. The molecule has 0 saturated heterocycles. The Balaban J connectivity index is 1.53. The molecule has 1 amide bonds. The Hall–Kier alpha value is -3.93. The van der Waals surface area contributed by atoms with Crippen LogP contribution < -0.4 is 14.8 Å². The van der Waals surface area contributed by atoms with E-state index in [9.17, 15) is 14.4 Å². The Morgan fingerprint density at radius 1 is 0.806 bits per heavy atom. The Morgan fingerprint density at radius 3 is 2.19 bits per heavy atom. The van der Waals surface area contributed by atoms with Gasteiger partial charge in [0.15, 0.2) is 23.1 Å². The van der Waals surface area contributed by atoms with Crippen LogP contribution in [0.2, 0.25) is 0 Å². The van der Waals surface area contributed by atoms with E-state index in [1.165, 1.54) is 0 Å². The number of ether oxygens (including phenoxy) is 2. The van der Waals surface area contributed by atoms with E-state index >= 15 is 0 Å². The number of nitrogens with one attached hydrogen (secondary N) is 1. The van der Waals surface area contributed by atoms with Gasteiger partial charge >= 0.3 is 0 Å². The van der Waals surface area contributed by atoms with Gasteiger partial charge in [0.25, 0.3) is 0 Å². The molecule has 3 aromatic carbocycles. The van der Waals surface area contributed by atoms with Gasteiger partial charge in [-0.2, -0.15) is 0 Å². The van der Waals surface area contributed by atoms with Gasteiger partial charge in [0.2, 0.25) is 5.91 Å². The highest BCUT2D eigenvalue weighted by atomic mass is 16.5. The summed E-state index contributed by atoms with van der Waals surface area (Å²) in [6.07, 6.45) is 0.689. The van der Waals surface area contributed by atoms with E-state index in [-0.39, 0.29) is 29.5 Å². The first kappa shape index (κ1) is 20.3.